The first-order chi connectivity index (χ1) is 12.6. The number of halogens is 1. The highest BCUT2D eigenvalue weighted by Crippen LogP contribution is 2.29. The molecule has 0 bridgehead atoms. The lowest BCUT2D eigenvalue weighted by Crippen LogP contribution is -2.22. The van der Waals surface area contributed by atoms with Crippen LogP contribution in [-0.2, 0) is 0 Å². The molecule has 0 atom stereocenters. The Kier molecular flexibility index (Phi) is 5.38. The molecule has 0 saturated heterocycles. The summed E-state index contributed by atoms with van der Waals surface area (Å²) in [5.41, 5.74) is 6.32. The van der Waals surface area contributed by atoms with Gasteiger partial charge in [-0.05, 0) is 13.0 Å². The summed E-state index contributed by atoms with van der Waals surface area (Å²) in [6.07, 6.45) is 0. The number of amidine groups is 1. The number of alkyl halides is 1. The number of non-ortho nitro benzene ring substituents is 1. The van der Waals surface area contributed by atoms with Gasteiger partial charge in [0.2, 0.25) is 0 Å². The van der Waals surface area contributed by atoms with Gasteiger partial charge in [0.1, 0.15) is 5.84 Å². The van der Waals surface area contributed by atoms with E-state index in [2.05, 4.69) is 20.5 Å². The van der Waals surface area contributed by atoms with Gasteiger partial charge in [-0.25, -0.2) is 4.99 Å². The molecule has 1 aliphatic heterocycles. The lowest BCUT2D eigenvalue weighted by molar-refractivity contribution is -0.384. The van der Waals surface area contributed by atoms with Crippen LogP contribution in [0.1, 0.15) is 18.1 Å². The fourth-order valence-electron chi connectivity index (χ4n) is 2.44. The molecule has 26 heavy (non-hydrogen) atoms. The Bertz CT molecular complexity index is 922. The molecule has 8 heteroatoms. The summed E-state index contributed by atoms with van der Waals surface area (Å²) >= 11 is 5.73. The number of nitro groups is 1. The summed E-state index contributed by atoms with van der Waals surface area (Å²) in [5.74, 6) is 0.845. The van der Waals surface area contributed by atoms with E-state index in [4.69, 9.17) is 11.6 Å². The van der Waals surface area contributed by atoms with Crippen molar-refractivity contribution < 1.29 is 4.92 Å². The van der Waals surface area contributed by atoms with Crippen molar-refractivity contribution in [1.29, 1.82) is 0 Å². The van der Waals surface area contributed by atoms with Crippen molar-refractivity contribution in [2.24, 2.45) is 15.1 Å². The molecule has 0 saturated carbocycles. The molecule has 0 aliphatic carbocycles. The van der Waals surface area contributed by atoms with Crippen molar-refractivity contribution in [1.82, 2.24) is 5.43 Å². The zero-order valence-electron chi connectivity index (χ0n) is 14.0. The van der Waals surface area contributed by atoms with E-state index in [0.29, 0.717) is 28.7 Å². The van der Waals surface area contributed by atoms with E-state index in [1.807, 2.05) is 30.3 Å². The number of nitro benzene ring substituents is 1. The topological polar surface area (TPSA) is 92.2 Å². The van der Waals surface area contributed by atoms with Gasteiger partial charge in [0.25, 0.3) is 5.69 Å². The maximum atomic E-state index is 11.2. The van der Waals surface area contributed by atoms with Crippen LogP contribution < -0.4 is 5.43 Å². The maximum absolute atomic E-state index is 11.2. The predicted octanol–water partition coefficient (Wildman–Crippen LogP) is 3.68. The second kappa shape index (κ2) is 7.88. The van der Waals surface area contributed by atoms with Gasteiger partial charge < -0.3 is 0 Å². The number of nitrogens with one attached hydrogen (secondary N) is 1. The highest BCUT2D eigenvalue weighted by Gasteiger charge is 2.19. The minimum absolute atomic E-state index is 0.00463. The van der Waals surface area contributed by atoms with E-state index in [-0.39, 0.29) is 12.2 Å². The van der Waals surface area contributed by atoms with E-state index >= 15 is 0 Å². The Hall–Kier alpha value is -3.06. The number of hydrogen-bond acceptors (Lipinski definition) is 6. The molecule has 7 nitrogen and oxygen atoms in total. The fraction of sp³-hybridized carbons (Fsp3) is 0.167. The van der Waals surface area contributed by atoms with Crippen LogP contribution in [0.2, 0.25) is 0 Å². The predicted molar refractivity (Wildman–Crippen MR) is 104 cm³/mol. The monoisotopic (exact) mass is 369 g/mol. The van der Waals surface area contributed by atoms with E-state index in [0.717, 1.165) is 11.3 Å². The standard InChI is InChI=1S/C18H16ClN5O2/c1-12(10-19)22-23-17-11-20-18(13-5-3-2-4-6-13)15-9-14(24(25)26)7-8-16(15)21-17/h2-9H,10-11H2,1H3,(H,21,23). The van der Waals surface area contributed by atoms with Crippen molar-refractivity contribution in [3.05, 3.63) is 69.8 Å². The molecular formula is C18H16ClN5O2. The zero-order chi connectivity index (χ0) is 18.5. The molecule has 3 rings (SSSR count). The van der Waals surface area contributed by atoms with Crippen LogP contribution in [0.5, 0.6) is 0 Å². The Morgan fingerprint density at radius 2 is 2.08 bits per heavy atom. The highest BCUT2D eigenvalue weighted by molar-refractivity contribution is 6.28. The van der Waals surface area contributed by atoms with E-state index in [9.17, 15) is 10.1 Å². The van der Waals surface area contributed by atoms with Crippen LogP contribution in [-0.4, -0.2) is 34.6 Å². The third-order valence-corrected chi connectivity index (χ3v) is 4.09. The largest absolute Gasteiger partial charge is 0.276 e. The van der Waals surface area contributed by atoms with Gasteiger partial charge in [0, 0.05) is 29.0 Å². The summed E-state index contributed by atoms with van der Waals surface area (Å²) in [6, 6.07) is 14.1. The number of hydrogen-bond donors (Lipinski definition) is 1. The van der Waals surface area contributed by atoms with Gasteiger partial charge in [-0.2, -0.15) is 5.10 Å². The summed E-state index contributed by atoms with van der Waals surface area (Å²) < 4.78 is 0. The number of benzene rings is 2. The van der Waals surface area contributed by atoms with Crippen LogP contribution in [0.3, 0.4) is 0 Å². The normalized spacial score (nSPS) is 14.0. The van der Waals surface area contributed by atoms with Crippen molar-refractivity contribution in [2.45, 2.75) is 6.92 Å². The fourth-order valence-corrected chi connectivity index (χ4v) is 2.50. The summed E-state index contributed by atoms with van der Waals surface area (Å²) in [4.78, 5) is 19.9. The Labute approximate surface area is 155 Å². The Morgan fingerprint density at radius 1 is 1.31 bits per heavy atom. The lowest BCUT2D eigenvalue weighted by atomic mass is 10.00. The molecule has 0 radical (unpaired) electrons. The smallest absolute Gasteiger partial charge is 0.270 e. The van der Waals surface area contributed by atoms with Gasteiger partial charge >= 0.3 is 0 Å². The molecule has 0 spiro atoms. The zero-order valence-corrected chi connectivity index (χ0v) is 14.8. The molecule has 1 aliphatic rings. The van der Waals surface area contributed by atoms with Gasteiger partial charge in [0.05, 0.1) is 28.7 Å². The lowest BCUT2D eigenvalue weighted by Gasteiger charge is -2.08. The molecular weight excluding hydrogens is 354 g/mol. The van der Waals surface area contributed by atoms with Crippen molar-refractivity contribution >= 4 is 40.2 Å². The molecule has 1 N–H and O–H groups in total. The third kappa shape index (κ3) is 3.94. The number of nitrogens with zero attached hydrogens (tertiary/aromatic N) is 4. The molecule has 0 amide bonds. The summed E-state index contributed by atoms with van der Waals surface area (Å²) in [6.45, 7) is 2.07. The number of fused-ring (bicyclic) bond motifs is 1. The van der Waals surface area contributed by atoms with Crippen molar-refractivity contribution in [3.8, 4) is 0 Å². The first-order valence-electron chi connectivity index (χ1n) is 7.90. The maximum Gasteiger partial charge on any atom is 0.270 e. The minimum Gasteiger partial charge on any atom is -0.276 e. The average molecular weight is 370 g/mol. The van der Waals surface area contributed by atoms with Gasteiger partial charge in [-0.15, -0.1) is 11.6 Å². The van der Waals surface area contributed by atoms with Crippen LogP contribution in [0.15, 0.2) is 63.6 Å². The number of aliphatic imine (C=N–C) groups is 2. The number of hydrazone groups is 1. The summed E-state index contributed by atoms with van der Waals surface area (Å²) in [5, 5.41) is 15.3. The molecule has 132 valence electrons. The molecule has 2 aromatic carbocycles. The number of rotatable bonds is 4. The second-order valence-corrected chi connectivity index (χ2v) is 5.91. The van der Waals surface area contributed by atoms with Crippen LogP contribution in [0.25, 0.3) is 0 Å². The average Bonchev–Trinajstić information content (AvgIpc) is 2.85. The second-order valence-electron chi connectivity index (χ2n) is 5.64. The molecule has 0 fully saturated rings. The minimum atomic E-state index is -0.426. The third-order valence-electron chi connectivity index (χ3n) is 3.70. The molecule has 0 aromatic heterocycles. The van der Waals surface area contributed by atoms with Crippen molar-refractivity contribution in [3.63, 3.8) is 0 Å². The summed E-state index contributed by atoms with van der Waals surface area (Å²) in [7, 11) is 0. The SMILES string of the molecule is CC(CCl)=NNC1=Nc2ccc([N+](=O)[O-])cc2C(c2ccccc2)=NC1. The van der Waals surface area contributed by atoms with Crippen LogP contribution in [0, 0.1) is 10.1 Å². The van der Waals surface area contributed by atoms with Gasteiger partial charge in [0.15, 0.2) is 0 Å². The van der Waals surface area contributed by atoms with Gasteiger partial charge in [-0.3, -0.25) is 20.5 Å². The quantitative estimate of drug-likeness (QED) is 0.385. The van der Waals surface area contributed by atoms with Crippen LogP contribution >= 0.6 is 11.6 Å². The van der Waals surface area contributed by atoms with Gasteiger partial charge in [-0.1, -0.05) is 30.3 Å². The molecule has 0 unspecified atom stereocenters. The first-order valence-corrected chi connectivity index (χ1v) is 8.43. The Balaban J connectivity index is 2.09. The highest BCUT2D eigenvalue weighted by atomic mass is 35.5. The van der Waals surface area contributed by atoms with E-state index in [1.165, 1.54) is 12.1 Å². The van der Waals surface area contributed by atoms with E-state index in [1.54, 1.807) is 13.0 Å². The van der Waals surface area contributed by atoms with E-state index < -0.39 is 4.92 Å². The molecule has 2 aromatic rings. The first kappa shape index (κ1) is 17.8. The molecule has 1 heterocycles. The van der Waals surface area contributed by atoms with Crippen molar-refractivity contribution in [2.75, 3.05) is 12.4 Å². The van der Waals surface area contributed by atoms with Crippen LogP contribution in [0.4, 0.5) is 11.4 Å². The Morgan fingerprint density at radius 3 is 2.77 bits per heavy atom.